The molecule has 0 atom stereocenters. The first-order valence-corrected chi connectivity index (χ1v) is 10.3. The highest BCUT2D eigenvalue weighted by Gasteiger charge is 2.20. The van der Waals surface area contributed by atoms with Crippen LogP contribution < -0.4 is 19.5 Å². The zero-order chi connectivity index (χ0) is 22.2. The fourth-order valence-electron chi connectivity index (χ4n) is 3.14. The van der Waals surface area contributed by atoms with Crippen LogP contribution in [0, 0.1) is 0 Å². The van der Waals surface area contributed by atoms with Crippen molar-refractivity contribution in [2.45, 2.75) is 13.1 Å². The van der Waals surface area contributed by atoms with Crippen LogP contribution in [0.3, 0.4) is 0 Å². The van der Waals surface area contributed by atoms with Gasteiger partial charge in [0.15, 0.2) is 16.6 Å². The van der Waals surface area contributed by atoms with E-state index in [1.165, 1.54) is 0 Å². The summed E-state index contributed by atoms with van der Waals surface area (Å²) in [6, 6.07) is 15.1. The van der Waals surface area contributed by atoms with Gasteiger partial charge in [0.25, 0.3) is 0 Å². The third-order valence-corrected chi connectivity index (χ3v) is 5.24. The van der Waals surface area contributed by atoms with Crippen LogP contribution in [0.5, 0.6) is 17.2 Å². The lowest BCUT2D eigenvalue weighted by Gasteiger charge is -2.27. The van der Waals surface area contributed by atoms with Crippen LogP contribution >= 0.6 is 23.8 Å². The molecule has 0 bridgehead atoms. The molecule has 0 aliphatic rings. The van der Waals surface area contributed by atoms with Crippen molar-refractivity contribution in [2.75, 3.05) is 26.6 Å². The number of thiocarbonyl (C=S) groups is 1. The Morgan fingerprint density at radius 3 is 2.32 bits per heavy atom. The van der Waals surface area contributed by atoms with Crippen LogP contribution in [0.4, 0.5) is 5.69 Å². The predicted octanol–water partition coefficient (Wildman–Crippen LogP) is 5.16. The molecule has 0 fully saturated rings. The van der Waals surface area contributed by atoms with Gasteiger partial charge in [-0.05, 0) is 60.2 Å². The quantitative estimate of drug-likeness (QED) is 0.469. The van der Waals surface area contributed by atoms with E-state index in [0.717, 1.165) is 16.8 Å². The number of pyridine rings is 1. The lowest BCUT2D eigenvalue weighted by molar-refractivity contribution is 0.316. The molecule has 0 saturated heterocycles. The Morgan fingerprint density at radius 1 is 0.968 bits per heavy atom. The van der Waals surface area contributed by atoms with Crippen molar-refractivity contribution in [1.29, 1.82) is 0 Å². The number of methoxy groups -OCH3 is 3. The summed E-state index contributed by atoms with van der Waals surface area (Å²) >= 11 is 11.7. The normalized spacial score (nSPS) is 10.3. The Morgan fingerprint density at radius 2 is 1.71 bits per heavy atom. The molecule has 1 aromatic heterocycles. The zero-order valence-electron chi connectivity index (χ0n) is 17.6. The Kier molecular flexibility index (Phi) is 7.92. The lowest BCUT2D eigenvalue weighted by Crippen LogP contribution is -2.34. The lowest BCUT2D eigenvalue weighted by atomic mass is 10.1. The summed E-state index contributed by atoms with van der Waals surface area (Å²) in [6.07, 6.45) is 3.57. The highest BCUT2D eigenvalue weighted by Crippen LogP contribution is 2.40. The van der Waals surface area contributed by atoms with Crippen molar-refractivity contribution < 1.29 is 14.2 Å². The van der Waals surface area contributed by atoms with E-state index in [2.05, 4.69) is 10.3 Å². The molecular formula is C23H24ClN3O3S. The van der Waals surface area contributed by atoms with E-state index in [9.17, 15) is 0 Å². The van der Waals surface area contributed by atoms with Crippen molar-refractivity contribution in [3.63, 3.8) is 0 Å². The van der Waals surface area contributed by atoms with Crippen LogP contribution in [0.15, 0.2) is 60.9 Å². The first kappa shape index (κ1) is 22.7. The highest BCUT2D eigenvalue weighted by molar-refractivity contribution is 7.80. The summed E-state index contributed by atoms with van der Waals surface area (Å²) in [5, 5.41) is 4.50. The molecule has 8 heteroatoms. The maximum Gasteiger partial charge on any atom is 0.203 e. The molecule has 31 heavy (non-hydrogen) atoms. The van der Waals surface area contributed by atoms with Crippen molar-refractivity contribution in [3.05, 3.63) is 77.1 Å². The summed E-state index contributed by atoms with van der Waals surface area (Å²) in [6.45, 7) is 1.04. The highest BCUT2D eigenvalue weighted by atomic mass is 35.5. The maximum atomic E-state index is 6.00. The van der Waals surface area contributed by atoms with Gasteiger partial charge in [0, 0.05) is 41.8 Å². The minimum Gasteiger partial charge on any atom is -0.493 e. The number of ether oxygens (including phenoxy) is 3. The second-order valence-electron chi connectivity index (χ2n) is 6.65. The van der Waals surface area contributed by atoms with E-state index in [4.69, 9.17) is 38.0 Å². The summed E-state index contributed by atoms with van der Waals surface area (Å²) in [5.41, 5.74) is 2.79. The van der Waals surface area contributed by atoms with Crippen LogP contribution in [-0.2, 0) is 13.1 Å². The standard InChI is InChI=1S/C23H24ClN3O3S/c1-28-20-11-6-17(21(29-2)22(20)30-3)15-27(14-16-5-4-12-25-13-16)23(31)26-19-9-7-18(24)8-10-19/h4-13H,14-15H2,1-3H3,(H,26,31). The molecule has 1 N–H and O–H groups in total. The van der Waals surface area contributed by atoms with E-state index in [-0.39, 0.29) is 0 Å². The fourth-order valence-corrected chi connectivity index (χ4v) is 3.51. The van der Waals surface area contributed by atoms with Crippen molar-refractivity contribution in [3.8, 4) is 17.2 Å². The molecule has 3 rings (SSSR count). The predicted molar refractivity (Wildman–Crippen MR) is 127 cm³/mol. The number of aromatic nitrogens is 1. The molecule has 2 aromatic carbocycles. The van der Waals surface area contributed by atoms with E-state index in [0.29, 0.717) is 40.5 Å². The molecule has 6 nitrogen and oxygen atoms in total. The monoisotopic (exact) mass is 457 g/mol. The van der Waals surface area contributed by atoms with E-state index >= 15 is 0 Å². The first-order valence-electron chi connectivity index (χ1n) is 9.54. The molecule has 0 amide bonds. The number of halogens is 1. The molecule has 0 radical (unpaired) electrons. The number of nitrogens with one attached hydrogen (secondary N) is 1. The van der Waals surface area contributed by atoms with Gasteiger partial charge < -0.3 is 24.4 Å². The third kappa shape index (κ3) is 5.77. The summed E-state index contributed by atoms with van der Waals surface area (Å²) in [5.74, 6) is 1.75. The van der Waals surface area contributed by atoms with Crippen molar-refractivity contribution >= 4 is 34.6 Å². The van der Waals surface area contributed by atoms with Crippen LogP contribution in [0.25, 0.3) is 0 Å². The number of hydrogen-bond acceptors (Lipinski definition) is 5. The minimum atomic E-state index is 0.484. The topological polar surface area (TPSA) is 55.9 Å². The van der Waals surface area contributed by atoms with Crippen LogP contribution in [0.1, 0.15) is 11.1 Å². The number of rotatable bonds is 8. The van der Waals surface area contributed by atoms with Gasteiger partial charge in [-0.15, -0.1) is 0 Å². The van der Waals surface area contributed by atoms with Gasteiger partial charge in [-0.3, -0.25) is 4.98 Å². The van der Waals surface area contributed by atoms with Gasteiger partial charge in [-0.2, -0.15) is 0 Å². The van der Waals surface area contributed by atoms with Gasteiger partial charge in [-0.25, -0.2) is 0 Å². The van der Waals surface area contributed by atoms with E-state index < -0.39 is 0 Å². The summed E-state index contributed by atoms with van der Waals surface area (Å²) < 4.78 is 16.6. The average Bonchev–Trinajstić information content (AvgIpc) is 2.80. The van der Waals surface area contributed by atoms with Gasteiger partial charge in [0.2, 0.25) is 5.75 Å². The number of hydrogen-bond donors (Lipinski definition) is 1. The maximum absolute atomic E-state index is 6.00. The van der Waals surface area contributed by atoms with Crippen molar-refractivity contribution in [2.24, 2.45) is 0 Å². The van der Waals surface area contributed by atoms with Gasteiger partial charge in [0.1, 0.15) is 0 Å². The molecule has 0 unspecified atom stereocenters. The van der Waals surface area contributed by atoms with Crippen molar-refractivity contribution in [1.82, 2.24) is 9.88 Å². The molecule has 0 saturated carbocycles. The Labute approximate surface area is 192 Å². The average molecular weight is 458 g/mol. The molecule has 1 heterocycles. The number of benzene rings is 2. The van der Waals surface area contributed by atoms with E-state index in [1.807, 2.05) is 59.6 Å². The number of anilines is 1. The number of nitrogens with zero attached hydrogens (tertiary/aromatic N) is 2. The zero-order valence-corrected chi connectivity index (χ0v) is 19.2. The summed E-state index contributed by atoms with van der Waals surface area (Å²) in [4.78, 5) is 6.25. The Balaban J connectivity index is 1.91. The smallest absolute Gasteiger partial charge is 0.203 e. The second-order valence-corrected chi connectivity index (χ2v) is 7.47. The first-order chi connectivity index (χ1) is 15.0. The fraction of sp³-hybridized carbons (Fsp3) is 0.217. The van der Waals surface area contributed by atoms with Gasteiger partial charge in [-0.1, -0.05) is 17.7 Å². The molecule has 162 valence electrons. The van der Waals surface area contributed by atoms with Crippen LogP contribution in [0.2, 0.25) is 5.02 Å². The van der Waals surface area contributed by atoms with Gasteiger partial charge in [0.05, 0.1) is 21.3 Å². The second kappa shape index (κ2) is 10.8. The van der Waals surface area contributed by atoms with Crippen LogP contribution in [-0.4, -0.2) is 36.3 Å². The van der Waals surface area contributed by atoms with Gasteiger partial charge >= 0.3 is 0 Å². The Bertz CT molecular complexity index is 1020. The molecule has 3 aromatic rings. The molecular weight excluding hydrogens is 434 g/mol. The summed E-state index contributed by atoms with van der Waals surface area (Å²) in [7, 11) is 4.79. The Hall–Kier alpha value is -3.03. The molecule has 0 aliphatic heterocycles. The minimum absolute atomic E-state index is 0.484. The molecule has 0 spiro atoms. The largest absolute Gasteiger partial charge is 0.493 e. The third-order valence-electron chi connectivity index (χ3n) is 4.63. The SMILES string of the molecule is COc1ccc(CN(Cc2cccnc2)C(=S)Nc2ccc(Cl)cc2)c(OC)c1OC. The molecule has 0 aliphatic carbocycles. The van der Waals surface area contributed by atoms with E-state index in [1.54, 1.807) is 27.5 Å².